The lowest BCUT2D eigenvalue weighted by Gasteiger charge is -2.39. The van der Waals surface area contributed by atoms with Crippen LogP contribution < -0.4 is 0 Å². The van der Waals surface area contributed by atoms with Gasteiger partial charge in [-0.2, -0.15) is 0 Å². The van der Waals surface area contributed by atoms with E-state index >= 15 is 0 Å². The molecule has 0 amide bonds. The van der Waals surface area contributed by atoms with Gasteiger partial charge in [-0.3, -0.25) is 4.90 Å². The highest BCUT2D eigenvalue weighted by Gasteiger charge is 2.27. The highest BCUT2D eigenvalue weighted by Crippen LogP contribution is 2.29. The number of rotatable bonds is 6. The number of hydrogen-bond donors (Lipinski definition) is 0. The highest BCUT2D eigenvalue weighted by molar-refractivity contribution is 6.31. The molecule has 1 atom stereocenters. The Morgan fingerprint density at radius 3 is 2.29 bits per heavy atom. The second kappa shape index (κ2) is 8.35. The molecule has 1 fully saturated rings. The predicted octanol–water partition coefficient (Wildman–Crippen LogP) is 3.49. The summed E-state index contributed by atoms with van der Waals surface area (Å²) in [5.41, 5.74) is 1.23. The number of nitrogens with zero attached hydrogens (tertiary/aromatic N) is 3. The molecule has 1 aliphatic heterocycles. The smallest absolute Gasteiger partial charge is 0.0491 e. The lowest BCUT2D eigenvalue weighted by Crippen LogP contribution is -2.47. The lowest BCUT2D eigenvalue weighted by atomic mass is 10.0. The van der Waals surface area contributed by atoms with E-state index in [-0.39, 0.29) is 0 Å². The molecule has 1 heterocycles. The van der Waals surface area contributed by atoms with Gasteiger partial charge in [0.15, 0.2) is 0 Å². The highest BCUT2D eigenvalue weighted by atomic mass is 35.5. The number of hydrogen-bond acceptors (Lipinski definition) is 3. The van der Waals surface area contributed by atoms with Gasteiger partial charge in [-0.05, 0) is 36.5 Å². The Morgan fingerprint density at radius 2 is 1.71 bits per heavy atom. The predicted molar refractivity (Wildman–Crippen MR) is 91.0 cm³/mol. The van der Waals surface area contributed by atoms with Crippen molar-refractivity contribution in [2.24, 2.45) is 0 Å². The van der Waals surface area contributed by atoms with Gasteiger partial charge in [-0.15, -0.1) is 0 Å². The van der Waals surface area contributed by atoms with Crippen molar-refractivity contribution in [1.29, 1.82) is 0 Å². The quantitative estimate of drug-likeness (QED) is 0.739. The van der Waals surface area contributed by atoms with Gasteiger partial charge < -0.3 is 4.90 Å². The number of likely N-dealkylation sites (N-methyl/N-ethyl adjacent to an activating group) is 1. The van der Waals surface area contributed by atoms with E-state index in [1.807, 2.05) is 16.6 Å². The summed E-state index contributed by atoms with van der Waals surface area (Å²) in [4.78, 5) is 4.97. The minimum atomic E-state index is 0.337. The first-order chi connectivity index (χ1) is 10.2. The van der Waals surface area contributed by atoms with Crippen LogP contribution in [0.4, 0.5) is 0 Å². The van der Waals surface area contributed by atoms with Gasteiger partial charge in [0.2, 0.25) is 0 Å². The summed E-state index contributed by atoms with van der Waals surface area (Å²) in [5, 5.41) is 0.864. The normalized spacial score (nSPS) is 19.1. The van der Waals surface area contributed by atoms with Crippen LogP contribution in [0.15, 0.2) is 24.3 Å². The Balaban J connectivity index is 2.19. The Morgan fingerprint density at radius 1 is 1.10 bits per heavy atom. The zero-order valence-corrected chi connectivity index (χ0v) is 14.4. The Labute approximate surface area is 138 Å². The summed E-state index contributed by atoms with van der Waals surface area (Å²) < 4.78 is 1.87. The molecule has 1 aromatic rings. The minimum Gasteiger partial charge on any atom is -0.302 e. The summed E-state index contributed by atoms with van der Waals surface area (Å²) in [6.45, 7) is 11.3. The molecule has 0 aromatic heterocycles. The maximum Gasteiger partial charge on any atom is 0.0491 e. The fourth-order valence-electron chi connectivity index (χ4n) is 2.89. The Hall–Kier alpha value is -0.320. The molecule has 1 aromatic carbocycles. The van der Waals surface area contributed by atoms with Gasteiger partial charge in [-0.1, -0.05) is 43.6 Å². The van der Waals surface area contributed by atoms with Crippen molar-refractivity contribution in [2.45, 2.75) is 19.9 Å². The molecule has 0 spiro atoms. The molecule has 0 aliphatic carbocycles. The van der Waals surface area contributed by atoms with E-state index < -0.39 is 0 Å². The SMILES string of the molecule is CCN(CC)CC(c1ccccc1Cl)N1CCN(Cl)CC1. The second-order valence-electron chi connectivity index (χ2n) is 5.47. The average molecular weight is 330 g/mol. The Kier molecular flexibility index (Phi) is 6.77. The molecular formula is C16H25Cl2N3. The molecule has 1 aliphatic rings. The van der Waals surface area contributed by atoms with Gasteiger partial charge in [0.25, 0.3) is 0 Å². The molecule has 0 saturated carbocycles. The molecular weight excluding hydrogens is 305 g/mol. The van der Waals surface area contributed by atoms with Gasteiger partial charge in [-0.25, -0.2) is 4.42 Å². The summed E-state index contributed by atoms with van der Waals surface area (Å²) in [5.74, 6) is 0. The number of halogens is 2. The standard InChI is InChI=1S/C16H25Cl2N3/c1-3-19(4-2)13-16(14-7-5-6-8-15(14)17)20-9-11-21(18)12-10-20/h5-8,16H,3-4,9-13H2,1-2H3. The van der Waals surface area contributed by atoms with Crippen molar-refractivity contribution in [3.63, 3.8) is 0 Å². The number of piperazine rings is 1. The summed E-state index contributed by atoms with van der Waals surface area (Å²) >= 11 is 12.5. The topological polar surface area (TPSA) is 9.72 Å². The third-order valence-corrected chi connectivity index (χ3v) is 4.97. The monoisotopic (exact) mass is 329 g/mol. The maximum atomic E-state index is 6.46. The van der Waals surface area contributed by atoms with Crippen LogP contribution in [0.5, 0.6) is 0 Å². The third kappa shape index (κ3) is 4.57. The van der Waals surface area contributed by atoms with Crippen molar-refractivity contribution < 1.29 is 0 Å². The largest absolute Gasteiger partial charge is 0.302 e. The van der Waals surface area contributed by atoms with Crippen LogP contribution in [-0.4, -0.2) is 60.0 Å². The molecule has 3 nitrogen and oxygen atoms in total. The van der Waals surface area contributed by atoms with Crippen molar-refractivity contribution in [1.82, 2.24) is 14.2 Å². The van der Waals surface area contributed by atoms with Crippen LogP contribution in [0.1, 0.15) is 25.5 Å². The van der Waals surface area contributed by atoms with Crippen molar-refractivity contribution in [3.05, 3.63) is 34.9 Å². The zero-order chi connectivity index (χ0) is 15.2. The van der Waals surface area contributed by atoms with E-state index in [9.17, 15) is 0 Å². The molecule has 1 unspecified atom stereocenters. The van der Waals surface area contributed by atoms with Gasteiger partial charge in [0.05, 0.1) is 0 Å². The van der Waals surface area contributed by atoms with Crippen molar-refractivity contribution >= 4 is 23.4 Å². The van der Waals surface area contributed by atoms with Crippen LogP contribution in [0.3, 0.4) is 0 Å². The molecule has 118 valence electrons. The fourth-order valence-corrected chi connectivity index (χ4v) is 3.30. The molecule has 2 rings (SSSR count). The molecule has 1 saturated heterocycles. The molecule has 21 heavy (non-hydrogen) atoms. The number of benzene rings is 1. The van der Waals surface area contributed by atoms with E-state index in [1.54, 1.807) is 0 Å². The van der Waals surface area contributed by atoms with E-state index in [0.29, 0.717) is 6.04 Å². The van der Waals surface area contributed by atoms with Crippen LogP contribution in [0.25, 0.3) is 0 Å². The second-order valence-corrected chi connectivity index (χ2v) is 6.35. The lowest BCUT2D eigenvalue weighted by molar-refractivity contribution is 0.107. The van der Waals surface area contributed by atoms with Gasteiger partial charge >= 0.3 is 0 Å². The Bertz CT molecular complexity index is 429. The minimum absolute atomic E-state index is 0.337. The summed E-state index contributed by atoms with van der Waals surface area (Å²) in [6, 6.07) is 8.56. The van der Waals surface area contributed by atoms with E-state index in [2.05, 4.69) is 35.8 Å². The van der Waals surface area contributed by atoms with Crippen molar-refractivity contribution in [3.8, 4) is 0 Å². The maximum absolute atomic E-state index is 6.46. The van der Waals surface area contributed by atoms with Crippen LogP contribution >= 0.6 is 23.4 Å². The first-order valence-corrected chi connectivity index (χ1v) is 8.48. The van der Waals surface area contributed by atoms with Crippen molar-refractivity contribution in [2.75, 3.05) is 45.8 Å². The van der Waals surface area contributed by atoms with E-state index in [0.717, 1.165) is 50.8 Å². The first kappa shape index (κ1) is 17.0. The molecule has 0 bridgehead atoms. The first-order valence-electron chi connectivity index (χ1n) is 7.77. The summed E-state index contributed by atoms with van der Waals surface area (Å²) in [6.07, 6.45) is 0. The fraction of sp³-hybridized carbons (Fsp3) is 0.625. The average Bonchev–Trinajstić information content (AvgIpc) is 2.51. The molecule has 0 N–H and O–H groups in total. The molecule has 5 heteroatoms. The third-order valence-electron chi connectivity index (χ3n) is 4.29. The van der Waals surface area contributed by atoms with E-state index in [4.69, 9.17) is 23.4 Å². The molecule has 0 radical (unpaired) electrons. The van der Waals surface area contributed by atoms with Crippen LogP contribution in [0, 0.1) is 0 Å². The van der Waals surface area contributed by atoms with Gasteiger partial charge in [0.1, 0.15) is 0 Å². The van der Waals surface area contributed by atoms with E-state index in [1.165, 1.54) is 5.56 Å². The van der Waals surface area contributed by atoms with Gasteiger partial charge in [0, 0.05) is 43.8 Å². The zero-order valence-electron chi connectivity index (χ0n) is 12.9. The van der Waals surface area contributed by atoms with Crippen LogP contribution in [-0.2, 0) is 0 Å². The van der Waals surface area contributed by atoms with Crippen LogP contribution in [0.2, 0.25) is 5.02 Å². The summed E-state index contributed by atoms with van der Waals surface area (Å²) in [7, 11) is 0.